The van der Waals surface area contributed by atoms with Crippen molar-refractivity contribution in [2.75, 3.05) is 5.32 Å². The summed E-state index contributed by atoms with van der Waals surface area (Å²) in [5.74, 6) is 0.0132. The number of amides is 1. The molecule has 0 radical (unpaired) electrons. The summed E-state index contributed by atoms with van der Waals surface area (Å²) >= 11 is 1.64. The van der Waals surface area contributed by atoms with E-state index < -0.39 is 0 Å². The van der Waals surface area contributed by atoms with E-state index in [1.54, 1.807) is 11.3 Å². The molecule has 1 heterocycles. The fourth-order valence-corrected chi connectivity index (χ4v) is 2.42. The van der Waals surface area contributed by atoms with Crippen LogP contribution in [0.5, 0.6) is 0 Å². The van der Waals surface area contributed by atoms with E-state index in [0.29, 0.717) is 12.8 Å². The molecule has 0 fully saturated rings. The van der Waals surface area contributed by atoms with Crippen LogP contribution in [0.3, 0.4) is 0 Å². The van der Waals surface area contributed by atoms with Gasteiger partial charge in [0.1, 0.15) is 0 Å². The molecular weight excluding hydrogens is 256 g/mol. The number of rotatable bonds is 5. The van der Waals surface area contributed by atoms with Gasteiger partial charge in [-0.25, -0.2) is 0 Å². The fourth-order valence-electron chi connectivity index (χ4n) is 1.71. The molecule has 0 spiro atoms. The first-order valence-corrected chi connectivity index (χ1v) is 6.99. The molecule has 0 bridgehead atoms. The van der Waals surface area contributed by atoms with Gasteiger partial charge >= 0.3 is 0 Å². The highest BCUT2D eigenvalue weighted by atomic mass is 32.1. The number of benzene rings is 1. The number of aryl methyl sites for hydroxylation is 1. The summed E-state index contributed by atoms with van der Waals surface area (Å²) in [5.41, 5.74) is 2.93. The van der Waals surface area contributed by atoms with Crippen LogP contribution in [0, 0.1) is 11.3 Å². The third-order valence-corrected chi connectivity index (χ3v) is 3.47. The van der Waals surface area contributed by atoms with Crippen LogP contribution in [-0.2, 0) is 17.6 Å². The summed E-state index contributed by atoms with van der Waals surface area (Å²) in [5, 5.41) is 15.5. The van der Waals surface area contributed by atoms with E-state index in [0.717, 1.165) is 17.7 Å². The maximum Gasteiger partial charge on any atom is 0.224 e. The normalized spacial score (nSPS) is 9.84. The molecule has 1 aromatic heterocycles. The van der Waals surface area contributed by atoms with Crippen LogP contribution in [-0.4, -0.2) is 5.91 Å². The summed E-state index contributed by atoms with van der Waals surface area (Å²) in [6.45, 7) is 0. The number of carbonyl (C=O) groups is 1. The standard InChI is InChI=1S/C15H14N2OS/c16-9-7-12-1-4-14(5-2-12)17-15(18)6-3-13-8-10-19-11-13/h1-2,4-5,8,10-11H,3,6-7H2,(H,17,18). The van der Waals surface area contributed by atoms with Gasteiger partial charge in [-0.3, -0.25) is 4.79 Å². The molecule has 3 nitrogen and oxygen atoms in total. The number of anilines is 1. The van der Waals surface area contributed by atoms with Gasteiger partial charge in [0.25, 0.3) is 0 Å². The number of nitrogens with one attached hydrogen (secondary N) is 1. The minimum Gasteiger partial charge on any atom is -0.326 e. The van der Waals surface area contributed by atoms with Crippen LogP contribution >= 0.6 is 11.3 Å². The van der Waals surface area contributed by atoms with E-state index in [4.69, 9.17) is 5.26 Å². The lowest BCUT2D eigenvalue weighted by Gasteiger charge is -2.05. The van der Waals surface area contributed by atoms with Crippen molar-refractivity contribution in [2.24, 2.45) is 0 Å². The Labute approximate surface area is 116 Å². The van der Waals surface area contributed by atoms with E-state index >= 15 is 0 Å². The summed E-state index contributed by atoms with van der Waals surface area (Å²) in [6.07, 6.45) is 1.64. The number of nitriles is 1. The Morgan fingerprint density at radius 1 is 1.21 bits per heavy atom. The highest BCUT2D eigenvalue weighted by Crippen LogP contribution is 2.12. The van der Waals surface area contributed by atoms with Gasteiger partial charge in [-0.05, 0) is 46.5 Å². The zero-order valence-electron chi connectivity index (χ0n) is 10.4. The van der Waals surface area contributed by atoms with Crippen molar-refractivity contribution in [1.82, 2.24) is 0 Å². The SMILES string of the molecule is N#CCc1ccc(NC(=O)CCc2ccsc2)cc1. The smallest absolute Gasteiger partial charge is 0.224 e. The topological polar surface area (TPSA) is 52.9 Å². The van der Waals surface area contributed by atoms with Gasteiger partial charge in [-0.15, -0.1) is 0 Å². The van der Waals surface area contributed by atoms with Gasteiger partial charge in [-0.1, -0.05) is 12.1 Å². The highest BCUT2D eigenvalue weighted by molar-refractivity contribution is 7.07. The van der Waals surface area contributed by atoms with Crippen LogP contribution in [0.2, 0.25) is 0 Å². The zero-order chi connectivity index (χ0) is 13.5. The van der Waals surface area contributed by atoms with E-state index in [9.17, 15) is 4.79 Å². The maximum absolute atomic E-state index is 11.8. The molecule has 2 rings (SSSR count). The molecule has 0 saturated heterocycles. The molecular formula is C15H14N2OS. The van der Waals surface area contributed by atoms with Gasteiger partial charge in [0.15, 0.2) is 0 Å². The zero-order valence-corrected chi connectivity index (χ0v) is 11.2. The van der Waals surface area contributed by atoms with Crippen LogP contribution in [0.1, 0.15) is 17.5 Å². The van der Waals surface area contributed by atoms with Gasteiger partial charge < -0.3 is 5.32 Å². The van der Waals surface area contributed by atoms with Crippen molar-refractivity contribution in [2.45, 2.75) is 19.3 Å². The summed E-state index contributed by atoms with van der Waals surface area (Å²) < 4.78 is 0. The van der Waals surface area contributed by atoms with E-state index in [1.165, 1.54) is 5.56 Å². The second-order valence-corrected chi connectivity index (χ2v) is 4.99. The molecule has 0 unspecified atom stereocenters. The average Bonchev–Trinajstić information content (AvgIpc) is 2.92. The van der Waals surface area contributed by atoms with Crippen molar-refractivity contribution in [1.29, 1.82) is 5.26 Å². The van der Waals surface area contributed by atoms with Crippen molar-refractivity contribution < 1.29 is 4.79 Å². The first kappa shape index (κ1) is 13.3. The third-order valence-electron chi connectivity index (χ3n) is 2.74. The Hall–Kier alpha value is -2.12. The number of thiophene rings is 1. The number of hydrogen-bond donors (Lipinski definition) is 1. The van der Waals surface area contributed by atoms with E-state index in [-0.39, 0.29) is 5.91 Å². The van der Waals surface area contributed by atoms with Crippen LogP contribution in [0.25, 0.3) is 0 Å². The molecule has 0 aliphatic carbocycles. The van der Waals surface area contributed by atoms with Crippen molar-refractivity contribution in [3.63, 3.8) is 0 Å². The number of hydrogen-bond acceptors (Lipinski definition) is 3. The molecule has 1 aromatic carbocycles. The number of nitrogens with zero attached hydrogens (tertiary/aromatic N) is 1. The first-order chi connectivity index (χ1) is 9.28. The Kier molecular flexibility index (Phi) is 4.71. The van der Waals surface area contributed by atoms with Crippen molar-refractivity contribution in [3.8, 4) is 6.07 Å². The lowest BCUT2D eigenvalue weighted by atomic mass is 10.1. The van der Waals surface area contributed by atoms with Crippen LogP contribution in [0.15, 0.2) is 41.1 Å². The minimum absolute atomic E-state index is 0.0132. The lowest BCUT2D eigenvalue weighted by molar-refractivity contribution is -0.116. The van der Waals surface area contributed by atoms with Gasteiger partial charge in [0.2, 0.25) is 5.91 Å². The predicted molar refractivity (Wildman–Crippen MR) is 77.0 cm³/mol. The lowest BCUT2D eigenvalue weighted by Crippen LogP contribution is -2.12. The molecule has 0 aliphatic rings. The molecule has 2 aromatic rings. The molecule has 1 amide bonds. The molecule has 4 heteroatoms. The fraction of sp³-hybridized carbons (Fsp3) is 0.200. The molecule has 0 saturated carbocycles. The van der Waals surface area contributed by atoms with E-state index in [1.807, 2.05) is 35.7 Å². The largest absolute Gasteiger partial charge is 0.326 e. The molecule has 19 heavy (non-hydrogen) atoms. The monoisotopic (exact) mass is 270 g/mol. The van der Waals surface area contributed by atoms with E-state index in [2.05, 4.69) is 16.8 Å². The third kappa shape index (κ3) is 4.23. The number of carbonyl (C=O) groups excluding carboxylic acids is 1. The molecule has 0 atom stereocenters. The summed E-state index contributed by atoms with van der Waals surface area (Å²) in [4.78, 5) is 11.8. The van der Waals surface area contributed by atoms with Crippen LogP contribution in [0.4, 0.5) is 5.69 Å². The van der Waals surface area contributed by atoms with Gasteiger partial charge in [0.05, 0.1) is 12.5 Å². The van der Waals surface area contributed by atoms with Crippen molar-refractivity contribution >= 4 is 22.9 Å². The summed E-state index contributed by atoms with van der Waals surface area (Å²) in [7, 11) is 0. The second-order valence-electron chi connectivity index (χ2n) is 4.21. The Bertz CT molecular complexity index is 567. The quantitative estimate of drug-likeness (QED) is 0.905. The predicted octanol–water partition coefficient (Wildman–Crippen LogP) is 3.39. The second kappa shape index (κ2) is 6.72. The molecule has 0 aliphatic heterocycles. The van der Waals surface area contributed by atoms with Gasteiger partial charge in [-0.2, -0.15) is 16.6 Å². The maximum atomic E-state index is 11.8. The molecule has 96 valence electrons. The van der Waals surface area contributed by atoms with Crippen LogP contribution < -0.4 is 5.32 Å². The Morgan fingerprint density at radius 3 is 2.63 bits per heavy atom. The molecule has 1 N–H and O–H groups in total. The average molecular weight is 270 g/mol. The first-order valence-electron chi connectivity index (χ1n) is 6.05. The minimum atomic E-state index is 0.0132. The summed E-state index contributed by atoms with van der Waals surface area (Å²) in [6, 6.07) is 11.5. The van der Waals surface area contributed by atoms with Crippen molar-refractivity contribution in [3.05, 3.63) is 52.2 Å². The Morgan fingerprint density at radius 2 is 2.00 bits per heavy atom. The van der Waals surface area contributed by atoms with Gasteiger partial charge in [0, 0.05) is 12.1 Å². The highest BCUT2D eigenvalue weighted by Gasteiger charge is 2.03. The Balaban J connectivity index is 1.83.